The van der Waals surface area contributed by atoms with Crippen molar-refractivity contribution < 1.29 is 9.59 Å². The Kier molecular flexibility index (Phi) is 5.28. The molecule has 0 bridgehead atoms. The molecule has 0 aromatic heterocycles. The summed E-state index contributed by atoms with van der Waals surface area (Å²) in [5.41, 5.74) is 2.77. The molecule has 0 spiro atoms. The first kappa shape index (κ1) is 19.1. The number of likely N-dealkylation sites (N-methyl/N-ethyl adjacent to an activating group) is 1. The Balaban J connectivity index is 1.88. The summed E-state index contributed by atoms with van der Waals surface area (Å²) in [4.78, 5) is 27.6. The van der Waals surface area contributed by atoms with Crippen LogP contribution in [0.3, 0.4) is 0 Å². The van der Waals surface area contributed by atoms with Crippen molar-refractivity contribution in [2.24, 2.45) is 0 Å². The average molecular weight is 384 g/mol. The van der Waals surface area contributed by atoms with Crippen LogP contribution in [0.15, 0.2) is 91.0 Å². The van der Waals surface area contributed by atoms with Crippen LogP contribution in [0.5, 0.6) is 0 Å². The molecule has 4 rings (SSSR count). The minimum absolute atomic E-state index is 0.0238. The fraction of sp³-hybridized carbons (Fsp3) is 0.200. The number of carbonyl (C=O) groups is 2. The van der Waals surface area contributed by atoms with E-state index in [0.29, 0.717) is 6.54 Å². The number of carbonyl (C=O) groups excluding carboxylic acids is 2. The minimum Gasteiger partial charge on any atom is -0.337 e. The van der Waals surface area contributed by atoms with Gasteiger partial charge < -0.3 is 9.69 Å². The standard InChI is InChI=1S/C25H24N2O2/c1-26(17-18-28)24(29)23-19-27(23)25(20-11-5-2-6-12-20,21-13-7-3-8-14-21)22-15-9-4-10-16-22/h2-16,18,23H,17,19H2,1H3/t23-,27?/m1/s1. The molecule has 2 atom stereocenters. The van der Waals surface area contributed by atoms with Crippen LogP contribution in [-0.2, 0) is 15.1 Å². The normalized spacial score (nSPS) is 18.1. The fourth-order valence-corrected chi connectivity index (χ4v) is 4.21. The molecule has 1 aliphatic rings. The van der Waals surface area contributed by atoms with Crippen molar-refractivity contribution in [1.29, 1.82) is 0 Å². The number of amides is 1. The predicted molar refractivity (Wildman–Crippen MR) is 113 cm³/mol. The zero-order valence-electron chi connectivity index (χ0n) is 16.4. The number of hydrogen-bond acceptors (Lipinski definition) is 3. The van der Waals surface area contributed by atoms with Crippen LogP contribution in [0.2, 0.25) is 0 Å². The summed E-state index contributed by atoms with van der Waals surface area (Å²) in [5.74, 6) is -0.0238. The van der Waals surface area contributed by atoms with Crippen LogP contribution in [0.25, 0.3) is 0 Å². The molecular weight excluding hydrogens is 360 g/mol. The third-order valence-corrected chi connectivity index (χ3v) is 5.63. The van der Waals surface area contributed by atoms with E-state index >= 15 is 0 Å². The van der Waals surface area contributed by atoms with E-state index in [4.69, 9.17) is 0 Å². The van der Waals surface area contributed by atoms with Crippen LogP contribution < -0.4 is 0 Å². The monoisotopic (exact) mass is 384 g/mol. The average Bonchev–Trinajstić information content (AvgIpc) is 3.57. The summed E-state index contributed by atoms with van der Waals surface area (Å²) in [7, 11) is 1.68. The van der Waals surface area contributed by atoms with Crippen molar-refractivity contribution in [3.8, 4) is 0 Å². The number of nitrogens with zero attached hydrogens (tertiary/aromatic N) is 2. The molecule has 1 heterocycles. The Hall–Kier alpha value is -3.24. The highest BCUT2D eigenvalue weighted by atomic mass is 16.2. The molecular formula is C25H24N2O2. The lowest BCUT2D eigenvalue weighted by Crippen LogP contribution is -2.42. The highest BCUT2D eigenvalue weighted by molar-refractivity contribution is 5.86. The van der Waals surface area contributed by atoms with Gasteiger partial charge in [0, 0.05) is 13.6 Å². The van der Waals surface area contributed by atoms with Gasteiger partial charge in [0.05, 0.1) is 12.1 Å². The molecule has 1 aliphatic heterocycles. The molecule has 0 N–H and O–H groups in total. The molecule has 4 heteroatoms. The Labute approximate surface area is 171 Å². The predicted octanol–water partition coefficient (Wildman–Crippen LogP) is 3.32. The second-order valence-corrected chi connectivity index (χ2v) is 7.36. The largest absolute Gasteiger partial charge is 0.337 e. The van der Waals surface area contributed by atoms with E-state index < -0.39 is 5.54 Å². The van der Waals surface area contributed by atoms with E-state index in [0.717, 1.165) is 23.0 Å². The summed E-state index contributed by atoms with van der Waals surface area (Å²) in [6.07, 6.45) is 0.767. The fourth-order valence-electron chi connectivity index (χ4n) is 4.21. The maximum atomic E-state index is 13.0. The van der Waals surface area contributed by atoms with E-state index in [1.807, 2.05) is 54.6 Å². The van der Waals surface area contributed by atoms with Gasteiger partial charge in [-0.3, -0.25) is 9.69 Å². The van der Waals surface area contributed by atoms with Gasteiger partial charge in [-0.1, -0.05) is 91.0 Å². The van der Waals surface area contributed by atoms with Crippen molar-refractivity contribution >= 4 is 12.2 Å². The quantitative estimate of drug-likeness (QED) is 0.356. The Morgan fingerprint density at radius 1 is 0.897 bits per heavy atom. The highest BCUT2D eigenvalue weighted by Crippen LogP contribution is 2.48. The molecule has 4 nitrogen and oxygen atoms in total. The van der Waals surface area contributed by atoms with Crippen LogP contribution >= 0.6 is 0 Å². The van der Waals surface area contributed by atoms with E-state index in [2.05, 4.69) is 41.3 Å². The second-order valence-electron chi connectivity index (χ2n) is 7.36. The van der Waals surface area contributed by atoms with Crippen molar-refractivity contribution in [2.75, 3.05) is 20.1 Å². The molecule has 1 amide bonds. The Morgan fingerprint density at radius 3 is 1.69 bits per heavy atom. The van der Waals surface area contributed by atoms with Gasteiger partial charge in [0.2, 0.25) is 5.91 Å². The first-order valence-corrected chi connectivity index (χ1v) is 9.81. The topological polar surface area (TPSA) is 40.4 Å². The molecule has 3 aromatic rings. The Bertz CT molecular complexity index is 877. The van der Waals surface area contributed by atoms with Gasteiger partial charge in [-0.05, 0) is 16.7 Å². The summed E-state index contributed by atoms with van der Waals surface area (Å²) < 4.78 is 0. The van der Waals surface area contributed by atoms with Crippen molar-refractivity contribution in [3.63, 3.8) is 0 Å². The molecule has 3 aromatic carbocycles. The van der Waals surface area contributed by atoms with Gasteiger partial charge in [0.1, 0.15) is 12.3 Å². The van der Waals surface area contributed by atoms with E-state index in [-0.39, 0.29) is 18.5 Å². The number of aldehydes is 1. The van der Waals surface area contributed by atoms with Crippen molar-refractivity contribution in [2.45, 2.75) is 11.6 Å². The van der Waals surface area contributed by atoms with Crippen molar-refractivity contribution in [1.82, 2.24) is 9.80 Å². The molecule has 1 unspecified atom stereocenters. The van der Waals surface area contributed by atoms with Crippen LogP contribution in [0, 0.1) is 0 Å². The molecule has 146 valence electrons. The third kappa shape index (κ3) is 3.36. The van der Waals surface area contributed by atoms with Gasteiger partial charge in [-0.25, -0.2) is 0 Å². The summed E-state index contributed by atoms with van der Waals surface area (Å²) in [6, 6.07) is 30.7. The zero-order chi connectivity index (χ0) is 20.3. The van der Waals surface area contributed by atoms with Gasteiger partial charge in [-0.15, -0.1) is 0 Å². The van der Waals surface area contributed by atoms with Gasteiger partial charge in [0.15, 0.2) is 0 Å². The SMILES string of the molecule is CN(CC=O)C(=O)[C@H]1CN1C(c1ccccc1)(c1ccccc1)c1ccccc1. The molecule has 1 saturated heterocycles. The summed E-state index contributed by atoms with van der Waals surface area (Å²) >= 11 is 0. The molecule has 0 aliphatic carbocycles. The van der Waals surface area contributed by atoms with E-state index in [1.54, 1.807) is 7.05 Å². The Morgan fingerprint density at radius 2 is 1.31 bits per heavy atom. The number of hydrogen-bond donors (Lipinski definition) is 0. The van der Waals surface area contributed by atoms with Crippen LogP contribution in [-0.4, -0.2) is 48.2 Å². The lowest BCUT2D eigenvalue weighted by molar-refractivity contribution is -0.132. The highest BCUT2D eigenvalue weighted by Gasteiger charge is 2.56. The number of rotatable bonds is 7. The van der Waals surface area contributed by atoms with Gasteiger partial charge in [0.25, 0.3) is 0 Å². The lowest BCUT2D eigenvalue weighted by atomic mass is 9.76. The first-order chi connectivity index (χ1) is 14.2. The zero-order valence-corrected chi connectivity index (χ0v) is 16.4. The molecule has 0 radical (unpaired) electrons. The van der Waals surface area contributed by atoms with Crippen LogP contribution in [0.1, 0.15) is 16.7 Å². The summed E-state index contributed by atoms with van der Waals surface area (Å²) in [6.45, 7) is 0.749. The third-order valence-electron chi connectivity index (χ3n) is 5.63. The summed E-state index contributed by atoms with van der Waals surface area (Å²) in [5, 5.41) is 0. The van der Waals surface area contributed by atoms with Gasteiger partial charge in [-0.2, -0.15) is 0 Å². The first-order valence-electron chi connectivity index (χ1n) is 9.81. The number of benzene rings is 3. The smallest absolute Gasteiger partial charge is 0.241 e. The second kappa shape index (κ2) is 8.02. The minimum atomic E-state index is -0.577. The van der Waals surface area contributed by atoms with Crippen LogP contribution in [0.4, 0.5) is 0 Å². The lowest BCUT2D eigenvalue weighted by Gasteiger charge is -2.38. The van der Waals surface area contributed by atoms with Crippen molar-refractivity contribution in [3.05, 3.63) is 108 Å². The van der Waals surface area contributed by atoms with E-state index in [1.165, 1.54) is 4.90 Å². The van der Waals surface area contributed by atoms with E-state index in [9.17, 15) is 9.59 Å². The molecule has 0 saturated carbocycles. The maximum Gasteiger partial charge on any atom is 0.241 e. The maximum absolute atomic E-state index is 13.0. The molecule has 29 heavy (non-hydrogen) atoms. The van der Waals surface area contributed by atoms with Gasteiger partial charge >= 0.3 is 0 Å². The molecule has 1 fully saturated rings.